The number of aryl methyl sites for hydroxylation is 1. The number of nitrogens with zero attached hydrogens (tertiary/aromatic N) is 2. The topological polar surface area (TPSA) is 58.4 Å². The van der Waals surface area contributed by atoms with Crippen LogP contribution in [0, 0.1) is 6.92 Å². The Labute approximate surface area is 159 Å². The maximum Gasteiger partial charge on any atom is 0.255 e. The van der Waals surface area contributed by atoms with Crippen molar-refractivity contribution in [1.29, 1.82) is 0 Å². The highest BCUT2D eigenvalue weighted by Crippen LogP contribution is 2.27. The molecular weight excluding hydrogens is 338 g/mol. The molecule has 140 valence electrons. The van der Waals surface area contributed by atoms with E-state index in [0.29, 0.717) is 17.4 Å². The van der Waals surface area contributed by atoms with Crippen LogP contribution in [0.4, 0.5) is 0 Å². The minimum Gasteiger partial charge on any atom is -0.461 e. The quantitative estimate of drug-likeness (QED) is 0.758. The Hall–Kier alpha value is -2.66. The van der Waals surface area contributed by atoms with Gasteiger partial charge in [-0.15, -0.1) is 0 Å². The molecule has 27 heavy (non-hydrogen) atoms. The van der Waals surface area contributed by atoms with Gasteiger partial charge in [-0.25, -0.2) is 0 Å². The van der Waals surface area contributed by atoms with Crippen molar-refractivity contribution in [3.63, 3.8) is 0 Å². The zero-order chi connectivity index (χ0) is 18.8. The monoisotopic (exact) mass is 363 g/mol. The van der Waals surface area contributed by atoms with Gasteiger partial charge in [0.25, 0.3) is 5.91 Å². The van der Waals surface area contributed by atoms with Gasteiger partial charge >= 0.3 is 0 Å². The molecule has 0 spiro atoms. The molecule has 1 amide bonds. The average Bonchev–Trinajstić information content (AvgIpc) is 3.04. The summed E-state index contributed by atoms with van der Waals surface area (Å²) >= 11 is 0. The molecule has 3 aromatic rings. The number of nitrogens with one attached hydrogen (secondary N) is 1. The summed E-state index contributed by atoms with van der Waals surface area (Å²) in [6.45, 7) is 6.03. The fourth-order valence-electron chi connectivity index (χ4n) is 3.99. The number of amides is 1. The number of pyridine rings is 1. The van der Waals surface area contributed by atoms with Crippen LogP contribution in [-0.4, -0.2) is 34.9 Å². The molecular formula is C22H25N3O2. The summed E-state index contributed by atoms with van der Waals surface area (Å²) in [6, 6.07) is 12.4. The third-order valence-corrected chi connectivity index (χ3v) is 5.60. The lowest BCUT2D eigenvalue weighted by Gasteiger charge is -2.36. The third-order valence-electron chi connectivity index (χ3n) is 5.60. The van der Waals surface area contributed by atoms with Gasteiger partial charge in [0.2, 0.25) is 0 Å². The molecule has 2 aromatic heterocycles. The molecule has 1 saturated heterocycles. The highest BCUT2D eigenvalue weighted by Gasteiger charge is 2.26. The molecule has 0 unspecified atom stereocenters. The van der Waals surface area contributed by atoms with E-state index in [4.69, 9.17) is 4.42 Å². The largest absolute Gasteiger partial charge is 0.461 e. The van der Waals surface area contributed by atoms with E-state index in [2.05, 4.69) is 34.3 Å². The first-order valence-electron chi connectivity index (χ1n) is 9.56. The maximum atomic E-state index is 12.9. The van der Waals surface area contributed by atoms with Crippen molar-refractivity contribution in [2.75, 3.05) is 13.1 Å². The summed E-state index contributed by atoms with van der Waals surface area (Å²) in [4.78, 5) is 19.4. The second-order valence-electron chi connectivity index (χ2n) is 7.27. The Morgan fingerprint density at radius 1 is 1.19 bits per heavy atom. The van der Waals surface area contributed by atoms with E-state index in [1.54, 1.807) is 0 Å². The summed E-state index contributed by atoms with van der Waals surface area (Å²) in [5.74, 6) is 0.649. The number of carbonyl (C=O) groups excluding carboxylic acids is 1. The normalized spacial score (nSPS) is 17.1. The number of likely N-dealkylation sites (tertiary alicyclic amines) is 1. The molecule has 4 rings (SSSR count). The van der Waals surface area contributed by atoms with Gasteiger partial charge in [0.15, 0.2) is 0 Å². The van der Waals surface area contributed by atoms with Crippen molar-refractivity contribution >= 4 is 16.9 Å². The van der Waals surface area contributed by atoms with E-state index in [1.807, 2.05) is 43.6 Å². The Morgan fingerprint density at radius 2 is 1.89 bits per heavy atom. The van der Waals surface area contributed by atoms with E-state index >= 15 is 0 Å². The van der Waals surface area contributed by atoms with Gasteiger partial charge in [0.1, 0.15) is 11.3 Å². The lowest BCUT2D eigenvalue weighted by atomic mass is 10.00. The van der Waals surface area contributed by atoms with Gasteiger partial charge in [-0.1, -0.05) is 18.2 Å². The fourth-order valence-corrected chi connectivity index (χ4v) is 3.99. The predicted molar refractivity (Wildman–Crippen MR) is 106 cm³/mol. The maximum absolute atomic E-state index is 12.9. The van der Waals surface area contributed by atoms with E-state index in [-0.39, 0.29) is 11.9 Å². The van der Waals surface area contributed by atoms with Crippen molar-refractivity contribution in [3.05, 3.63) is 65.7 Å². The van der Waals surface area contributed by atoms with Crippen molar-refractivity contribution in [2.24, 2.45) is 0 Å². The van der Waals surface area contributed by atoms with Crippen LogP contribution in [0.25, 0.3) is 11.0 Å². The Kier molecular flexibility index (Phi) is 4.94. The summed E-state index contributed by atoms with van der Waals surface area (Å²) in [7, 11) is 0. The molecule has 1 aliphatic rings. The van der Waals surface area contributed by atoms with Gasteiger partial charge < -0.3 is 9.73 Å². The first-order valence-corrected chi connectivity index (χ1v) is 9.56. The number of piperidine rings is 1. The summed E-state index contributed by atoms with van der Waals surface area (Å²) < 4.78 is 5.73. The second kappa shape index (κ2) is 7.53. The summed E-state index contributed by atoms with van der Waals surface area (Å²) in [6.07, 6.45) is 5.60. The zero-order valence-electron chi connectivity index (χ0n) is 15.8. The number of hydrogen-bond donors (Lipinski definition) is 1. The molecule has 1 fully saturated rings. The van der Waals surface area contributed by atoms with Crippen LogP contribution in [0.3, 0.4) is 0 Å². The lowest BCUT2D eigenvalue weighted by Crippen LogP contribution is -2.45. The van der Waals surface area contributed by atoms with E-state index in [1.165, 1.54) is 5.56 Å². The number of fused-ring (bicyclic) bond motifs is 1. The highest BCUT2D eigenvalue weighted by atomic mass is 16.3. The molecule has 1 atom stereocenters. The van der Waals surface area contributed by atoms with Crippen molar-refractivity contribution in [1.82, 2.24) is 15.2 Å². The van der Waals surface area contributed by atoms with Crippen LogP contribution in [-0.2, 0) is 0 Å². The molecule has 0 saturated carbocycles. The number of carbonyl (C=O) groups is 1. The van der Waals surface area contributed by atoms with Crippen LogP contribution in [0.1, 0.15) is 47.5 Å². The molecule has 5 nitrogen and oxygen atoms in total. The average molecular weight is 363 g/mol. The minimum atomic E-state index is -0.0296. The van der Waals surface area contributed by atoms with Gasteiger partial charge in [0, 0.05) is 43.0 Å². The first-order chi connectivity index (χ1) is 13.1. The Balaban J connectivity index is 1.39. The standard InChI is InChI=1S/C22H25N3O2/c1-15(17-7-11-23-12-8-17)25-13-9-18(10-14-25)24-22(26)21-16(2)27-20-6-4-3-5-19(20)21/h3-8,11-12,15,18H,9-10,13-14H2,1-2H3,(H,24,26)/t15-/m1/s1. The summed E-state index contributed by atoms with van der Waals surface area (Å²) in [5, 5.41) is 4.10. The fraction of sp³-hybridized carbons (Fsp3) is 0.364. The number of para-hydroxylation sites is 1. The lowest BCUT2D eigenvalue weighted by molar-refractivity contribution is 0.0896. The second-order valence-corrected chi connectivity index (χ2v) is 7.27. The van der Waals surface area contributed by atoms with Gasteiger partial charge in [-0.3, -0.25) is 14.7 Å². The SMILES string of the molecule is Cc1oc2ccccc2c1C(=O)NC1CCN([C@H](C)c2ccncc2)CC1. The van der Waals surface area contributed by atoms with Crippen LogP contribution < -0.4 is 5.32 Å². The van der Waals surface area contributed by atoms with Crippen molar-refractivity contribution < 1.29 is 9.21 Å². The molecule has 0 radical (unpaired) electrons. The Bertz CT molecular complexity index is 927. The first kappa shape index (κ1) is 17.7. The van der Waals surface area contributed by atoms with Gasteiger partial charge in [0.05, 0.1) is 5.56 Å². The molecule has 1 N–H and O–H groups in total. The third kappa shape index (κ3) is 3.60. The van der Waals surface area contributed by atoms with E-state index in [9.17, 15) is 4.79 Å². The smallest absolute Gasteiger partial charge is 0.255 e. The van der Waals surface area contributed by atoms with Crippen molar-refractivity contribution in [3.8, 4) is 0 Å². The predicted octanol–water partition coefficient (Wildman–Crippen LogP) is 4.09. The molecule has 5 heteroatoms. The Morgan fingerprint density at radius 3 is 2.63 bits per heavy atom. The van der Waals surface area contributed by atoms with Gasteiger partial charge in [-0.2, -0.15) is 0 Å². The van der Waals surface area contributed by atoms with Crippen LogP contribution in [0.2, 0.25) is 0 Å². The van der Waals surface area contributed by atoms with Crippen LogP contribution >= 0.6 is 0 Å². The van der Waals surface area contributed by atoms with E-state index in [0.717, 1.165) is 36.9 Å². The minimum absolute atomic E-state index is 0.0296. The number of benzene rings is 1. The van der Waals surface area contributed by atoms with Crippen LogP contribution in [0.15, 0.2) is 53.2 Å². The van der Waals surface area contributed by atoms with Crippen LogP contribution in [0.5, 0.6) is 0 Å². The molecule has 1 aliphatic heterocycles. The van der Waals surface area contributed by atoms with Gasteiger partial charge in [-0.05, 0) is 50.5 Å². The van der Waals surface area contributed by atoms with E-state index < -0.39 is 0 Å². The molecule has 0 aliphatic carbocycles. The molecule has 0 bridgehead atoms. The molecule has 3 heterocycles. The number of rotatable bonds is 4. The number of aromatic nitrogens is 1. The van der Waals surface area contributed by atoms with Crippen molar-refractivity contribution in [2.45, 2.75) is 38.8 Å². The summed E-state index contributed by atoms with van der Waals surface area (Å²) in [5.41, 5.74) is 2.72. The zero-order valence-corrected chi connectivity index (χ0v) is 15.8. The number of furan rings is 1. The molecule has 1 aromatic carbocycles. The highest BCUT2D eigenvalue weighted by molar-refractivity contribution is 6.07. The number of hydrogen-bond acceptors (Lipinski definition) is 4.